The first kappa shape index (κ1) is 16.8. The van der Waals surface area contributed by atoms with Gasteiger partial charge in [-0.05, 0) is 42.8 Å². The Morgan fingerprint density at radius 3 is 2.73 bits per heavy atom. The second-order valence-corrected chi connectivity index (χ2v) is 6.28. The molecule has 0 aliphatic carbocycles. The van der Waals surface area contributed by atoms with Gasteiger partial charge in [-0.15, -0.1) is 5.10 Å². The molecule has 0 spiro atoms. The SMILES string of the molecule is Cc1cc(-c2nc(-c3ccco3)nn2CCO)ccc1N1CCOCC1. The minimum atomic E-state index is -0.00119. The molecule has 2 aromatic heterocycles. The Morgan fingerprint density at radius 1 is 1.19 bits per heavy atom. The molecule has 0 saturated carbocycles. The van der Waals surface area contributed by atoms with Crippen molar-refractivity contribution in [2.75, 3.05) is 37.8 Å². The summed E-state index contributed by atoms with van der Waals surface area (Å²) in [6, 6.07) is 9.94. The van der Waals surface area contributed by atoms with Crippen LogP contribution in [0.3, 0.4) is 0 Å². The number of aliphatic hydroxyl groups excluding tert-OH is 1. The molecule has 26 heavy (non-hydrogen) atoms. The van der Waals surface area contributed by atoms with E-state index in [4.69, 9.17) is 9.15 Å². The molecule has 0 radical (unpaired) electrons. The van der Waals surface area contributed by atoms with Gasteiger partial charge in [0.05, 0.1) is 32.6 Å². The fraction of sp³-hybridized carbons (Fsp3) is 0.368. The van der Waals surface area contributed by atoms with E-state index in [0.717, 1.165) is 37.7 Å². The number of aryl methyl sites for hydroxylation is 1. The summed E-state index contributed by atoms with van der Waals surface area (Å²) in [6.45, 7) is 5.82. The highest BCUT2D eigenvalue weighted by Crippen LogP contribution is 2.28. The molecule has 3 aromatic rings. The molecule has 1 fully saturated rings. The minimum Gasteiger partial charge on any atom is -0.461 e. The van der Waals surface area contributed by atoms with Gasteiger partial charge in [-0.25, -0.2) is 9.67 Å². The van der Waals surface area contributed by atoms with Crippen LogP contribution in [0.15, 0.2) is 41.0 Å². The maximum Gasteiger partial charge on any atom is 0.217 e. The highest BCUT2D eigenvalue weighted by molar-refractivity contribution is 5.66. The molecule has 0 bridgehead atoms. The fourth-order valence-electron chi connectivity index (χ4n) is 3.27. The lowest BCUT2D eigenvalue weighted by Crippen LogP contribution is -2.36. The van der Waals surface area contributed by atoms with Crippen molar-refractivity contribution in [2.45, 2.75) is 13.5 Å². The van der Waals surface area contributed by atoms with Gasteiger partial charge in [-0.3, -0.25) is 0 Å². The van der Waals surface area contributed by atoms with Crippen LogP contribution < -0.4 is 4.90 Å². The highest BCUT2D eigenvalue weighted by atomic mass is 16.5. The Labute approximate surface area is 151 Å². The van der Waals surface area contributed by atoms with Gasteiger partial charge < -0.3 is 19.2 Å². The number of furan rings is 1. The zero-order valence-corrected chi connectivity index (χ0v) is 14.8. The zero-order valence-electron chi connectivity index (χ0n) is 14.8. The molecule has 1 aliphatic heterocycles. The van der Waals surface area contributed by atoms with Crippen LogP contribution in [0.1, 0.15) is 5.56 Å². The van der Waals surface area contributed by atoms with Crippen LogP contribution >= 0.6 is 0 Å². The molecule has 0 amide bonds. The number of rotatable bonds is 5. The van der Waals surface area contributed by atoms with Gasteiger partial charge >= 0.3 is 0 Å². The van der Waals surface area contributed by atoms with E-state index in [-0.39, 0.29) is 6.61 Å². The lowest BCUT2D eigenvalue weighted by Gasteiger charge is -2.30. The summed E-state index contributed by atoms with van der Waals surface area (Å²) in [6.07, 6.45) is 1.60. The van der Waals surface area contributed by atoms with Gasteiger partial charge in [-0.2, -0.15) is 0 Å². The van der Waals surface area contributed by atoms with Crippen LogP contribution in [0.5, 0.6) is 0 Å². The number of benzene rings is 1. The van der Waals surface area contributed by atoms with Gasteiger partial charge in [0.25, 0.3) is 0 Å². The number of hydrogen-bond donors (Lipinski definition) is 1. The van der Waals surface area contributed by atoms with Gasteiger partial charge in [0.1, 0.15) is 0 Å². The first-order valence-electron chi connectivity index (χ1n) is 8.79. The highest BCUT2D eigenvalue weighted by Gasteiger charge is 2.18. The normalized spacial score (nSPS) is 14.8. The van der Waals surface area contributed by atoms with Gasteiger partial charge in [-0.1, -0.05) is 0 Å². The number of ether oxygens (including phenoxy) is 1. The first-order chi connectivity index (χ1) is 12.8. The second kappa shape index (κ2) is 7.31. The van der Waals surface area contributed by atoms with Crippen LogP contribution in [-0.2, 0) is 11.3 Å². The maximum absolute atomic E-state index is 9.37. The van der Waals surface area contributed by atoms with E-state index >= 15 is 0 Å². The summed E-state index contributed by atoms with van der Waals surface area (Å²) in [5.74, 6) is 1.86. The summed E-state index contributed by atoms with van der Waals surface area (Å²) >= 11 is 0. The minimum absolute atomic E-state index is 0.00119. The molecule has 0 unspecified atom stereocenters. The largest absolute Gasteiger partial charge is 0.461 e. The van der Waals surface area contributed by atoms with E-state index in [1.165, 1.54) is 11.3 Å². The monoisotopic (exact) mass is 354 g/mol. The standard InChI is InChI=1S/C19H22N4O3/c1-14-13-15(4-5-16(14)22-7-11-25-12-8-22)19-20-18(17-3-2-10-26-17)21-23(19)6-9-24/h2-5,10,13,24H,6-9,11-12H2,1H3. The van der Waals surface area contributed by atoms with Crippen molar-refractivity contribution in [1.82, 2.24) is 14.8 Å². The molecule has 1 N–H and O–H groups in total. The molecule has 1 saturated heterocycles. The Balaban J connectivity index is 1.69. The summed E-state index contributed by atoms with van der Waals surface area (Å²) in [4.78, 5) is 6.98. The molecule has 7 heteroatoms. The smallest absolute Gasteiger partial charge is 0.217 e. The molecule has 4 rings (SSSR count). The maximum atomic E-state index is 9.37. The topological polar surface area (TPSA) is 76.5 Å². The fourth-order valence-corrected chi connectivity index (χ4v) is 3.27. The number of anilines is 1. The van der Waals surface area contributed by atoms with E-state index in [1.54, 1.807) is 10.9 Å². The number of morpholine rings is 1. The number of hydrogen-bond acceptors (Lipinski definition) is 6. The number of aromatic nitrogens is 3. The Hall–Kier alpha value is -2.64. The summed E-state index contributed by atoms with van der Waals surface area (Å²) < 4.78 is 12.6. The molecule has 7 nitrogen and oxygen atoms in total. The van der Waals surface area contributed by atoms with E-state index in [1.807, 2.05) is 12.1 Å². The molecular weight excluding hydrogens is 332 g/mol. The first-order valence-corrected chi connectivity index (χ1v) is 8.79. The lowest BCUT2D eigenvalue weighted by molar-refractivity contribution is 0.122. The van der Waals surface area contributed by atoms with Crippen molar-refractivity contribution in [3.8, 4) is 23.0 Å². The van der Waals surface area contributed by atoms with Crippen molar-refractivity contribution < 1.29 is 14.3 Å². The van der Waals surface area contributed by atoms with Crippen molar-refractivity contribution >= 4 is 5.69 Å². The predicted molar refractivity (Wildman–Crippen MR) is 98.0 cm³/mol. The van der Waals surface area contributed by atoms with Crippen molar-refractivity contribution in [3.05, 3.63) is 42.2 Å². The van der Waals surface area contributed by atoms with Crippen molar-refractivity contribution in [3.63, 3.8) is 0 Å². The summed E-state index contributed by atoms with van der Waals surface area (Å²) in [5, 5.41) is 13.9. The second-order valence-electron chi connectivity index (χ2n) is 6.28. The predicted octanol–water partition coefficient (Wildman–Crippen LogP) is 2.34. The molecule has 3 heterocycles. The molecular formula is C19H22N4O3. The van der Waals surface area contributed by atoms with Crippen molar-refractivity contribution in [1.29, 1.82) is 0 Å². The van der Waals surface area contributed by atoms with Gasteiger partial charge in [0.2, 0.25) is 5.82 Å². The molecule has 1 aliphatic rings. The molecule has 136 valence electrons. The Bertz CT molecular complexity index is 867. The van der Waals surface area contributed by atoms with Crippen molar-refractivity contribution in [2.24, 2.45) is 0 Å². The van der Waals surface area contributed by atoms with Gasteiger partial charge in [0.15, 0.2) is 11.6 Å². The van der Waals surface area contributed by atoms with Crippen LogP contribution in [0.4, 0.5) is 5.69 Å². The molecule has 0 atom stereocenters. The summed E-state index contributed by atoms with van der Waals surface area (Å²) in [7, 11) is 0. The quantitative estimate of drug-likeness (QED) is 0.758. The van der Waals surface area contributed by atoms with E-state index in [2.05, 4.69) is 40.1 Å². The van der Waals surface area contributed by atoms with E-state index in [0.29, 0.717) is 18.1 Å². The van der Waals surface area contributed by atoms with Crippen LogP contribution in [0.25, 0.3) is 23.0 Å². The third-order valence-corrected chi connectivity index (χ3v) is 4.53. The average molecular weight is 354 g/mol. The Kier molecular flexibility index (Phi) is 4.73. The lowest BCUT2D eigenvalue weighted by atomic mass is 10.1. The van der Waals surface area contributed by atoms with Crippen LogP contribution in [0.2, 0.25) is 0 Å². The Morgan fingerprint density at radius 2 is 2.04 bits per heavy atom. The van der Waals surface area contributed by atoms with Crippen LogP contribution in [-0.4, -0.2) is 52.8 Å². The molecule has 1 aromatic carbocycles. The van der Waals surface area contributed by atoms with E-state index in [9.17, 15) is 5.11 Å². The van der Waals surface area contributed by atoms with E-state index < -0.39 is 0 Å². The number of nitrogens with zero attached hydrogens (tertiary/aromatic N) is 4. The zero-order chi connectivity index (χ0) is 17.9. The number of aliphatic hydroxyl groups is 1. The van der Waals surface area contributed by atoms with Crippen LogP contribution in [0, 0.1) is 6.92 Å². The summed E-state index contributed by atoms with van der Waals surface area (Å²) in [5.41, 5.74) is 3.37. The third kappa shape index (κ3) is 3.23. The van der Waals surface area contributed by atoms with Gasteiger partial charge in [0, 0.05) is 24.3 Å². The third-order valence-electron chi connectivity index (χ3n) is 4.53. The average Bonchev–Trinajstić information content (AvgIpc) is 3.32.